The van der Waals surface area contributed by atoms with E-state index in [0.29, 0.717) is 11.6 Å². The van der Waals surface area contributed by atoms with E-state index in [-0.39, 0.29) is 18.4 Å². The van der Waals surface area contributed by atoms with Gasteiger partial charge in [0.05, 0.1) is 12.8 Å². The predicted octanol–water partition coefficient (Wildman–Crippen LogP) is 3.57. The third-order valence-electron chi connectivity index (χ3n) is 6.21. The number of amides is 4. The number of rotatable bonds is 5. The fraction of sp³-hybridized carbons (Fsp3) is 0.455. The number of thiazole rings is 1. The second kappa shape index (κ2) is 8.30. The maximum Gasteiger partial charge on any atom is 0.325 e. The largest absolute Gasteiger partial charge is 0.497 e. The summed E-state index contributed by atoms with van der Waals surface area (Å²) in [6.45, 7) is 3.59. The van der Waals surface area contributed by atoms with Crippen molar-refractivity contribution in [3.63, 3.8) is 0 Å². The molecule has 2 aromatic rings. The van der Waals surface area contributed by atoms with Crippen LogP contribution in [0.5, 0.6) is 5.75 Å². The van der Waals surface area contributed by atoms with Crippen molar-refractivity contribution in [3.8, 4) is 17.0 Å². The van der Waals surface area contributed by atoms with E-state index in [0.717, 1.165) is 46.0 Å². The number of carbonyl (C=O) groups is 3. The molecule has 8 nitrogen and oxygen atoms in total. The first-order valence-electron chi connectivity index (χ1n) is 10.4. The molecule has 1 saturated heterocycles. The zero-order chi connectivity index (χ0) is 22.2. The van der Waals surface area contributed by atoms with Crippen LogP contribution in [-0.2, 0) is 9.59 Å². The molecule has 2 unspecified atom stereocenters. The van der Waals surface area contributed by atoms with Gasteiger partial charge in [0.25, 0.3) is 5.91 Å². The highest BCUT2D eigenvalue weighted by Gasteiger charge is 2.55. The van der Waals surface area contributed by atoms with Gasteiger partial charge in [0.1, 0.15) is 17.8 Å². The lowest BCUT2D eigenvalue weighted by Crippen LogP contribution is -2.54. The number of urea groups is 1. The quantitative estimate of drug-likeness (QED) is 0.690. The number of aromatic nitrogens is 1. The van der Waals surface area contributed by atoms with E-state index in [1.165, 1.54) is 11.3 Å². The molecule has 9 heteroatoms. The third kappa shape index (κ3) is 3.89. The molecule has 31 heavy (non-hydrogen) atoms. The molecule has 2 atom stereocenters. The van der Waals surface area contributed by atoms with Crippen LogP contribution in [0.2, 0.25) is 0 Å². The lowest BCUT2D eigenvalue weighted by molar-refractivity contribution is -0.136. The Morgan fingerprint density at radius 3 is 2.74 bits per heavy atom. The van der Waals surface area contributed by atoms with Crippen LogP contribution in [0, 0.1) is 12.8 Å². The average molecular weight is 443 g/mol. The predicted molar refractivity (Wildman–Crippen MR) is 118 cm³/mol. The van der Waals surface area contributed by atoms with Gasteiger partial charge >= 0.3 is 6.03 Å². The maximum atomic E-state index is 13.0. The minimum Gasteiger partial charge on any atom is -0.497 e. The van der Waals surface area contributed by atoms with Crippen molar-refractivity contribution in [1.82, 2.24) is 15.2 Å². The minimum absolute atomic E-state index is 0.0550. The molecule has 1 aliphatic heterocycles. The Morgan fingerprint density at radius 2 is 2.06 bits per heavy atom. The Balaban J connectivity index is 1.44. The van der Waals surface area contributed by atoms with Crippen LogP contribution in [0.1, 0.15) is 37.5 Å². The number of imide groups is 1. The molecule has 1 spiro atoms. The molecule has 2 aliphatic rings. The van der Waals surface area contributed by atoms with Gasteiger partial charge in [-0.15, -0.1) is 11.3 Å². The highest BCUT2D eigenvalue weighted by Crippen LogP contribution is 2.38. The normalized spacial score (nSPS) is 23.2. The number of ether oxygens (including phenoxy) is 1. The van der Waals surface area contributed by atoms with E-state index in [9.17, 15) is 14.4 Å². The fourth-order valence-corrected chi connectivity index (χ4v) is 5.26. The van der Waals surface area contributed by atoms with Crippen LogP contribution < -0.4 is 15.4 Å². The van der Waals surface area contributed by atoms with Gasteiger partial charge in [-0.25, -0.2) is 9.78 Å². The van der Waals surface area contributed by atoms with Gasteiger partial charge in [-0.1, -0.05) is 19.8 Å². The van der Waals surface area contributed by atoms with Crippen LogP contribution in [-0.4, -0.2) is 46.9 Å². The second-order valence-corrected chi connectivity index (χ2v) is 9.34. The summed E-state index contributed by atoms with van der Waals surface area (Å²) in [4.78, 5) is 44.6. The van der Waals surface area contributed by atoms with Gasteiger partial charge in [0, 0.05) is 10.4 Å². The summed E-state index contributed by atoms with van der Waals surface area (Å²) in [7, 11) is 1.61. The molecule has 4 rings (SSSR count). The molecule has 0 radical (unpaired) electrons. The second-order valence-electron chi connectivity index (χ2n) is 8.14. The van der Waals surface area contributed by atoms with Crippen molar-refractivity contribution < 1.29 is 19.1 Å². The van der Waals surface area contributed by atoms with Crippen molar-refractivity contribution in [2.24, 2.45) is 5.92 Å². The Labute approximate surface area is 185 Å². The Kier molecular flexibility index (Phi) is 5.70. The number of hydrogen-bond donors (Lipinski definition) is 2. The number of nitrogens with one attached hydrogen (secondary N) is 2. The molecule has 1 aliphatic carbocycles. The van der Waals surface area contributed by atoms with Crippen LogP contribution in [0.3, 0.4) is 0 Å². The zero-order valence-corrected chi connectivity index (χ0v) is 18.7. The number of aryl methyl sites for hydroxylation is 1. The van der Waals surface area contributed by atoms with Gasteiger partial charge in [-0.3, -0.25) is 14.5 Å². The summed E-state index contributed by atoms with van der Waals surface area (Å²) in [5.41, 5.74) is 0.819. The van der Waals surface area contributed by atoms with E-state index in [1.54, 1.807) is 7.11 Å². The zero-order valence-electron chi connectivity index (χ0n) is 17.9. The molecule has 2 N–H and O–H groups in total. The van der Waals surface area contributed by atoms with Crippen LogP contribution in [0.4, 0.5) is 9.93 Å². The van der Waals surface area contributed by atoms with E-state index >= 15 is 0 Å². The molecule has 1 aromatic carbocycles. The first-order valence-corrected chi connectivity index (χ1v) is 11.2. The molecule has 164 valence electrons. The summed E-state index contributed by atoms with van der Waals surface area (Å²) in [6, 6.07) is 7.02. The Morgan fingerprint density at radius 1 is 1.32 bits per heavy atom. The lowest BCUT2D eigenvalue weighted by Gasteiger charge is -2.36. The number of carbonyl (C=O) groups excluding carboxylic acids is 3. The third-order valence-corrected chi connectivity index (χ3v) is 7.10. The standard InChI is InChI=1S/C22H26N4O4S/c1-13-6-4-5-11-22(13)19(28)26(21(29)25-22)12-17(27)23-20-24-18(14(2)31-20)15-7-9-16(30-3)10-8-15/h7-10,13H,4-6,11-12H2,1-3H3,(H,25,29)(H,23,24,27). The van der Waals surface area contributed by atoms with E-state index in [1.807, 2.05) is 38.1 Å². The van der Waals surface area contributed by atoms with Crippen molar-refractivity contribution in [3.05, 3.63) is 29.1 Å². The van der Waals surface area contributed by atoms with Crippen molar-refractivity contribution >= 4 is 34.3 Å². The number of methoxy groups -OCH3 is 1. The average Bonchev–Trinajstić information content (AvgIpc) is 3.23. The summed E-state index contributed by atoms with van der Waals surface area (Å²) in [6.07, 6.45) is 3.45. The molecule has 2 heterocycles. The highest BCUT2D eigenvalue weighted by molar-refractivity contribution is 7.16. The van der Waals surface area contributed by atoms with E-state index < -0.39 is 17.5 Å². The number of hydrogen-bond acceptors (Lipinski definition) is 6. The molecule has 0 bridgehead atoms. The first kappa shape index (κ1) is 21.3. The van der Waals surface area contributed by atoms with Crippen molar-refractivity contribution in [1.29, 1.82) is 0 Å². The first-order chi connectivity index (χ1) is 14.8. The Hall–Kier alpha value is -2.94. The van der Waals surface area contributed by atoms with Crippen LogP contribution in [0.25, 0.3) is 11.3 Å². The smallest absolute Gasteiger partial charge is 0.325 e. The van der Waals surface area contributed by atoms with Gasteiger partial charge in [-0.05, 0) is 49.9 Å². The highest BCUT2D eigenvalue weighted by atomic mass is 32.1. The minimum atomic E-state index is -0.866. The fourth-order valence-electron chi connectivity index (χ4n) is 4.41. The van der Waals surface area contributed by atoms with Crippen molar-refractivity contribution in [2.75, 3.05) is 19.0 Å². The van der Waals surface area contributed by atoms with Gasteiger partial charge in [0.15, 0.2) is 5.13 Å². The molecule has 4 amide bonds. The van der Waals surface area contributed by atoms with E-state index in [2.05, 4.69) is 15.6 Å². The van der Waals surface area contributed by atoms with Crippen LogP contribution >= 0.6 is 11.3 Å². The summed E-state index contributed by atoms with van der Waals surface area (Å²) < 4.78 is 5.18. The topological polar surface area (TPSA) is 101 Å². The van der Waals surface area contributed by atoms with Gasteiger partial charge in [-0.2, -0.15) is 0 Å². The van der Waals surface area contributed by atoms with E-state index in [4.69, 9.17) is 4.74 Å². The molecule has 1 saturated carbocycles. The molecule has 2 fully saturated rings. The van der Waals surface area contributed by atoms with Crippen LogP contribution in [0.15, 0.2) is 24.3 Å². The van der Waals surface area contributed by atoms with Gasteiger partial charge < -0.3 is 15.4 Å². The maximum absolute atomic E-state index is 13.0. The number of anilines is 1. The molecule has 1 aromatic heterocycles. The Bertz CT molecular complexity index is 1020. The molecular formula is C22H26N4O4S. The SMILES string of the molecule is COc1ccc(-c2nc(NC(=O)CN3C(=O)NC4(CCCCC4C)C3=O)sc2C)cc1. The molecular weight excluding hydrogens is 416 g/mol. The number of benzene rings is 1. The summed E-state index contributed by atoms with van der Waals surface area (Å²) in [5, 5.41) is 6.03. The van der Waals surface area contributed by atoms with Gasteiger partial charge in [0.2, 0.25) is 5.91 Å². The summed E-state index contributed by atoms with van der Waals surface area (Å²) >= 11 is 1.35. The van der Waals surface area contributed by atoms with Crippen molar-refractivity contribution in [2.45, 2.75) is 45.1 Å². The summed E-state index contributed by atoms with van der Waals surface area (Å²) in [5.74, 6) is 0.0661. The number of nitrogens with zero attached hydrogens (tertiary/aromatic N) is 2. The monoisotopic (exact) mass is 442 g/mol. The lowest BCUT2D eigenvalue weighted by atomic mass is 9.73.